The minimum Gasteiger partial charge on any atom is -0.493 e. The van der Waals surface area contributed by atoms with E-state index in [9.17, 15) is 22.8 Å². The van der Waals surface area contributed by atoms with Gasteiger partial charge in [-0.1, -0.05) is 6.07 Å². The maximum Gasteiger partial charge on any atom is 0.420 e. The second-order valence-corrected chi connectivity index (χ2v) is 9.15. The SMILES string of the molecule is COc1cc(/C=C2/SC(N3CCN(C(C)=O)CC3)=NC2=O)ccc1Oc1ccc(C#N)cc1C(F)(F)F. The van der Waals surface area contributed by atoms with Crippen LogP contribution in [0.2, 0.25) is 0 Å². The number of amides is 2. The zero-order valence-corrected chi connectivity index (χ0v) is 20.7. The molecule has 12 heteroatoms. The van der Waals surface area contributed by atoms with Crippen LogP contribution < -0.4 is 9.47 Å². The van der Waals surface area contributed by atoms with E-state index >= 15 is 0 Å². The van der Waals surface area contributed by atoms with Gasteiger partial charge in [-0.3, -0.25) is 9.59 Å². The summed E-state index contributed by atoms with van der Waals surface area (Å²) >= 11 is 1.22. The quantitative estimate of drug-likeness (QED) is 0.537. The smallest absolute Gasteiger partial charge is 0.420 e. The van der Waals surface area contributed by atoms with E-state index in [1.165, 1.54) is 44.0 Å². The van der Waals surface area contributed by atoms with Crippen LogP contribution in [-0.4, -0.2) is 60.1 Å². The van der Waals surface area contributed by atoms with Crippen LogP contribution in [0.25, 0.3) is 6.08 Å². The Balaban J connectivity index is 1.51. The monoisotopic (exact) mass is 530 g/mol. The van der Waals surface area contributed by atoms with Crippen LogP contribution in [0.15, 0.2) is 46.3 Å². The first kappa shape index (κ1) is 26.1. The van der Waals surface area contributed by atoms with Crippen molar-refractivity contribution in [1.29, 1.82) is 5.26 Å². The maximum atomic E-state index is 13.5. The molecule has 1 fully saturated rings. The van der Waals surface area contributed by atoms with Gasteiger partial charge in [0.05, 0.1) is 29.2 Å². The minimum absolute atomic E-state index is 0.00695. The first-order chi connectivity index (χ1) is 17.6. The third-order valence-electron chi connectivity index (χ3n) is 5.72. The Labute approximate surface area is 215 Å². The number of hydrogen-bond acceptors (Lipinski definition) is 7. The number of nitriles is 1. The fourth-order valence-corrected chi connectivity index (χ4v) is 4.75. The van der Waals surface area contributed by atoms with Crippen molar-refractivity contribution in [2.75, 3.05) is 33.3 Å². The molecule has 0 N–H and O–H groups in total. The van der Waals surface area contributed by atoms with Crippen LogP contribution >= 0.6 is 11.8 Å². The van der Waals surface area contributed by atoms with Gasteiger partial charge in [-0.05, 0) is 53.7 Å². The fourth-order valence-electron chi connectivity index (χ4n) is 3.78. The summed E-state index contributed by atoms with van der Waals surface area (Å²) in [4.78, 5) is 32.2. The van der Waals surface area contributed by atoms with Gasteiger partial charge in [0.2, 0.25) is 5.91 Å². The Morgan fingerprint density at radius 1 is 1.11 bits per heavy atom. The Morgan fingerprint density at radius 2 is 1.81 bits per heavy atom. The highest BCUT2D eigenvalue weighted by Gasteiger charge is 2.35. The summed E-state index contributed by atoms with van der Waals surface area (Å²) in [6.45, 7) is 3.76. The van der Waals surface area contributed by atoms with Crippen LogP contribution in [0.1, 0.15) is 23.6 Å². The molecule has 2 heterocycles. The van der Waals surface area contributed by atoms with Gasteiger partial charge in [0.25, 0.3) is 5.91 Å². The lowest BCUT2D eigenvalue weighted by Crippen LogP contribution is -2.49. The standard InChI is InChI=1S/C25H21F3N4O4S/c1-15(33)31-7-9-32(10-8-31)24-30-23(34)22(37-24)13-16-3-6-20(21(12-16)35-2)36-19-5-4-17(14-29)11-18(19)25(26,27)28/h3-6,11-13H,7-10H2,1-2H3/b22-13+. The van der Waals surface area contributed by atoms with Crippen molar-refractivity contribution in [2.24, 2.45) is 4.99 Å². The van der Waals surface area contributed by atoms with Crippen LogP contribution in [0.4, 0.5) is 13.2 Å². The summed E-state index contributed by atoms with van der Waals surface area (Å²) < 4.78 is 51.4. The molecule has 0 aromatic heterocycles. The van der Waals surface area contributed by atoms with Gasteiger partial charge in [-0.25, -0.2) is 0 Å². The number of methoxy groups -OCH3 is 1. The molecule has 8 nitrogen and oxygen atoms in total. The molecule has 0 bridgehead atoms. The van der Waals surface area contributed by atoms with Gasteiger partial charge in [0.1, 0.15) is 5.75 Å². The number of carbonyl (C=O) groups excluding carboxylic acids is 2. The summed E-state index contributed by atoms with van der Waals surface area (Å²) in [6, 6.07) is 9.29. The average Bonchev–Trinajstić information content (AvgIpc) is 3.24. The van der Waals surface area contributed by atoms with E-state index in [1.54, 1.807) is 23.1 Å². The summed E-state index contributed by atoms with van der Waals surface area (Å²) in [5.41, 5.74) is -0.662. The van der Waals surface area contributed by atoms with E-state index in [4.69, 9.17) is 14.7 Å². The van der Waals surface area contributed by atoms with Crippen molar-refractivity contribution in [3.05, 3.63) is 58.0 Å². The molecule has 0 radical (unpaired) electrons. The predicted molar refractivity (Wildman–Crippen MR) is 131 cm³/mol. The number of amidine groups is 1. The van der Waals surface area contributed by atoms with Crippen LogP contribution in [0, 0.1) is 11.3 Å². The number of halogens is 3. The number of benzene rings is 2. The third-order valence-corrected chi connectivity index (χ3v) is 6.77. The highest BCUT2D eigenvalue weighted by atomic mass is 32.2. The van der Waals surface area contributed by atoms with Gasteiger partial charge in [0.15, 0.2) is 16.7 Å². The fraction of sp³-hybridized carbons (Fsp3) is 0.280. The normalized spacial score (nSPS) is 17.0. The Bertz CT molecular complexity index is 1340. The first-order valence-electron chi connectivity index (χ1n) is 11.1. The van der Waals surface area contributed by atoms with E-state index in [2.05, 4.69) is 4.99 Å². The van der Waals surface area contributed by atoms with Crippen molar-refractivity contribution in [3.8, 4) is 23.3 Å². The molecule has 0 atom stereocenters. The number of rotatable bonds is 4. The summed E-state index contributed by atoms with van der Waals surface area (Å²) in [7, 11) is 1.35. The lowest BCUT2D eigenvalue weighted by molar-refractivity contribution is -0.138. The number of ether oxygens (including phenoxy) is 2. The minimum atomic E-state index is -4.73. The van der Waals surface area contributed by atoms with Crippen LogP contribution in [0.5, 0.6) is 17.2 Å². The molecule has 0 unspecified atom stereocenters. The molecule has 0 saturated carbocycles. The Hall–Kier alpha value is -3.98. The lowest BCUT2D eigenvalue weighted by Gasteiger charge is -2.34. The van der Waals surface area contributed by atoms with Gasteiger partial charge in [-0.2, -0.15) is 23.4 Å². The van der Waals surface area contributed by atoms with Crippen molar-refractivity contribution >= 4 is 34.8 Å². The van der Waals surface area contributed by atoms with Crippen molar-refractivity contribution in [3.63, 3.8) is 0 Å². The number of nitrogens with zero attached hydrogens (tertiary/aromatic N) is 4. The zero-order chi connectivity index (χ0) is 26.7. The summed E-state index contributed by atoms with van der Waals surface area (Å²) in [5, 5.41) is 9.51. The molecule has 1 saturated heterocycles. The largest absolute Gasteiger partial charge is 0.493 e. The number of carbonyl (C=O) groups is 2. The van der Waals surface area contributed by atoms with Gasteiger partial charge >= 0.3 is 6.18 Å². The second kappa shape index (κ2) is 10.6. The third kappa shape index (κ3) is 5.89. The molecule has 0 spiro atoms. The number of aliphatic imine (C=N–C) groups is 1. The molecule has 37 heavy (non-hydrogen) atoms. The molecule has 2 amide bonds. The number of piperazine rings is 1. The zero-order valence-electron chi connectivity index (χ0n) is 19.8. The molecular weight excluding hydrogens is 509 g/mol. The lowest BCUT2D eigenvalue weighted by atomic mass is 10.1. The second-order valence-electron chi connectivity index (χ2n) is 8.14. The molecule has 2 aliphatic heterocycles. The Morgan fingerprint density at radius 3 is 2.43 bits per heavy atom. The maximum absolute atomic E-state index is 13.5. The average molecular weight is 531 g/mol. The molecular formula is C25H21F3N4O4S. The van der Waals surface area contributed by atoms with Crippen LogP contribution in [-0.2, 0) is 15.8 Å². The summed E-state index contributed by atoms with van der Waals surface area (Å²) in [5.74, 6) is -0.678. The first-order valence-corrected chi connectivity index (χ1v) is 11.9. The summed E-state index contributed by atoms with van der Waals surface area (Å²) in [6.07, 6.45) is -3.11. The molecule has 2 aromatic carbocycles. The van der Waals surface area contributed by atoms with E-state index in [-0.39, 0.29) is 23.0 Å². The number of alkyl halides is 3. The van der Waals surface area contributed by atoms with Gasteiger partial charge in [0, 0.05) is 33.1 Å². The molecule has 0 aliphatic carbocycles. The van der Waals surface area contributed by atoms with Crippen molar-refractivity contribution in [2.45, 2.75) is 13.1 Å². The molecule has 2 aromatic rings. The van der Waals surface area contributed by atoms with E-state index < -0.39 is 23.4 Å². The molecule has 2 aliphatic rings. The number of hydrogen-bond donors (Lipinski definition) is 0. The molecule has 4 rings (SSSR count). The van der Waals surface area contributed by atoms with Gasteiger partial charge < -0.3 is 19.3 Å². The van der Waals surface area contributed by atoms with E-state index in [0.29, 0.717) is 41.8 Å². The topological polar surface area (TPSA) is 95.2 Å². The van der Waals surface area contributed by atoms with Crippen molar-refractivity contribution < 1.29 is 32.2 Å². The predicted octanol–water partition coefficient (Wildman–Crippen LogP) is 4.51. The van der Waals surface area contributed by atoms with E-state index in [1.807, 2.05) is 4.90 Å². The number of thioether (sulfide) groups is 1. The highest BCUT2D eigenvalue weighted by Crippen LogP contribution is 2.41. The molecule has 192 valence electrons. The van der Waals surface area contributed by atoms with Crippen LogP contribution in [0.3, 0.4) is 0 Å². The highest BCUT2D eigenvalue weighted by molar-refractivity contribution is 8.18. The van der Waals surface area contributed by atoms with Gasteiger partial charge in [-0.15, -0.1) is 0 Å². The van der Waals surface area contributed by atoms with Crippen molar-refractivity contribution in [1.82, 2.24) is 9.80 Å². The Kier molecular flexibility index (Phi) is 7.45. The van der Waals surface area contributed by atoms with E-state index in [0.717, 1.165) is 12.1 Å².